The quantitative estimate of drug-likeness (QED) is 0.712. The summed E-state index contributed by atoms with van der Waals surface area (Å²) < 4.78 is 0. The number of aliphatic hydroxyl groups excluding tert-OH is 1. The third kappa shape index (κ3) is 5.58. The van der Waals surface area contributed by atoms with Gasteiger partial charge in [-0.05, 0) is 23.1 Å². The highest BCUT2D eigenvalue weighted by atomic mass is 35.5. The van der Waals surface area contributed by atoms with Gasteiger partial charge in [-0.1, -0.05) is 44.5 Å². The van der Waals surface area contributed by atoms with E-state index in [1.54, 1.807) is 12.1 Å². The van der Waals surface area contributed by atoms with Gasteiger partial charge in [0, 0.05) is 24.5 Å². The molecule has 3 atom stereocenters. The van der Waals surface area contributed by atoms with Crippen molar-refractivity contribution in [1.29, 1.82) is 0 Å². The Morgan fingerprint density at radius 2 is 1.92 bits per heavy atom. The standard InChI is InChI=1S/C18H26ClN3O3.ClH/c1-18(2,3)15(20)17(25)22-10-13(23)8-14(22)16(24)21-9-11-4-6-12(19)7-5-11;/h4-7,13-15,23H,8-10,20H2,1-3H3,(H,21,24);1H/t13-,14+,15-;/m1./s1. The second kappa shape index (κ2) is 9.04. The summed E-state index contributed by atoms with van der Waals surface area (Å²) in [5.74, 6) is -0.600. The summed E-state index contributed by atoms with van der Waals surface area (Å²) in [5.41, 5.74) is 6.53. The molecule has 6 nitrogen and oxygen atoms in total. The van der Waals surface area contributed by atoms with Crippen LogP contribution in [-0.2, 0) is 16.1 Å². The first-order valence-electron chi connectivity index (χ1n) is 8.36. The first-order valence-corrected chi connectivity index (χ1v) is 8.73. The fourth-order valence-corrected chi connectivity index (χ4v) is 2.89. The van der Waals surface area contributed by atoms with Gasteiger partial charge >= 0.3 is 0 Å². The van der Waals surface area contributed by atoms with Crippen molar-refractivity contribution in [3.05, 3.63) is 34.9 Å². The number of nitrogens with two attached hydrogens (primary N) is 1. The summed E-state index contributed by atoms with van der Waals surface area (Å²) >= 11 is 5.84. The molecule has 0 aliphatic carbocycles. The van der Waals surface area contributed by atoms with Gasteiger partial charge in [-0.25, -0.2) is 0 Å². The SMILES string of the molecule is CC(C)(C)[C@H](N)C(=O)N1C[C@H](O)C[C@H]1C(=O)NCc1ccc(Cl)cc1.Cl. The minimum absolute atomic E-state index is 0. The third-order valence-corrected chi connectivity index (χ3v) is 4.70. The zero-order valence-electron chi connectivity index (χ0n) is 15.2. The van der Waals surface area contributed by atoms with E-state index in [-0.39, 0.29) is 37.2 Å². The van der Waals surface area contributed by atoms with Crippen molar-refractivity contribution < 1.29 is 14.7 Å². The minimum Gasteiger partial charge on any atom is -0.391 e. The average molecular weight is 404 g/mol. The smallest absolute Gasteiger partial charge is 0.243 e. The Balaban J connectivity index is 0.00000338. The molecule has 8 heteroatoms. The number of aliphatic hydroxyl groups is 1. The van der Waals surface area contributed by atoms with Crippen molar-refractivity contribution in [3.63, 3.8) is 0 Å². The molecular formula is C18H27Cl2N3O3. The summed E-state index contributed by atoms with van der Waals surface area (Å²) in [4.78, 5) is 26.6. The first kappa shape index (κ1) is 22.7. The van der Waals surface area contributed by atoms with Crippen molar-refractivity contribution >= 4 is 35.8 Å². The molecule has 1 saturated heterocycles. The highest BCUT2D eigenvalue weighted by Gasteiger charge is 2.42. The van der Waals surface area contributed by atoms with Crippen LogP contribution >= 0.6 is 24.0 Å². The highest BCUT2D eigenvalue weighted by Crippen LogP contribution is 2.24. The van der Waals surface area contributed by atoms with Gasteiger partial charge < -0.3 is 21.1 Å². The van der Waals surface area contributed by atoms with Crippen molar-refractivity contribution in [1.82, 2.24) is 10.2 Å². The predicted molar refractivity (Wildman–Crippen MR) is 104 cm³/mol. The topological polar surface area (TPSA) is 95.7 Å². The van der Waals surface area contributed by atoms with E-state index in [1.165, 1.54) is 4.90 Å². The molecular weight excluding hydrogens is 377 g/mol. The van der Waals surface area contributed by atoms with E-state index in [2.05, 4.69) is 5.32 Å². The summed E-state index contributed by atoms with van der Waals surface area (Å²) in [6.07, 6.45) is -0.503. The van der Waals surface area contributed by atoms with Gasteiger partial charge in [0.2, 0.25) is 11.8 Å². The van der Waals surface area contributed by atoms with Crippen LogP contribution in [0, 0.1) is 5.41 Å². The molecule has 0 spiro atoms. The number of nitrogens with zero attached hydrogens (tertiary/aromatic N) is 1. The summed E-state index contributed by atoms with van der Waals surface area (Å²) in [7, 11) is 0. The van der Waals surface area contributed by atoms with E-state index in [0.717, 1.165) is 5.56 Å². The molecule has 0 bridgehead atoms. The molecule has 0 aromatic heterocycles. The monoisotopic (exact) mass is 403 g/mol. The first-order chi connectivity index (χ1) is 11.6. The minimum atomic E-state index is -0.732. The maximum Gasteiger partial charge on any atom is 0.243 e. The molecule has 1 fully saturated rings. The van der Waals surface area contributed by atoms with Crippen LogP contribution in [0.5, 0.6) is 0 Å². The number of nitrogens with one attached hydrogen (secondary N) is 1. The maximum absolute atomic E-state index is 12.7. The number of benzene rings is 1. The number of β-amino-alcohol motifs (C(OH)–C–C–N with tert-alkyl or cyclic N) is 1. The Kier molecular flexibility index (Phi) is 7.89. The van der Waals surface area contributed by atoms with Gasteiger partial charge in [0.1, 0.15) is 6.04 Å². The lowest BCUT2D eigenvalue weighted by atomic mass is 9.86. The van der Waals surface area contributed by atoms with Gasteiger partial charge in [0.15, 0.2) is 0 Å². The van der Waals surface area contributed by atoms with Crippen molar-refractivity contribution in [2.24, 2.45) is 11.1 Å². The van der Waals surface area contributed by atoms with Crippen LogP contribution < -0.4 is 11.1 Å². The van der Waals surface area contributed by atoms with Gasteiger partial charge in [-0.3, -0.25) is 9.59 Å². The number of hydrogen-bond donors (Lipinski definition) is 3. The van der Waals surface area contributed by atoms with Crippen molar-refractivity contribution in [2.75, 3.05) is 6.54 Å². The van der Waals surface area contributed by atoms with Crippen LogP contribution in [0.3, 0.4) is 0 Å². The number of carbonyl (C=O) groups is 2. The Hall–Kier alpha value is -1.34. The average Bonchev–Trinajstić information content (AvgIpc) is 2.93. The van der Waals surface area contributed by atoms with Crippen molar-refractivity contribution in [2.45, 2.75) is 51.9 Å². The van der Waals surface area contributed by atoms with Crippen LogP contribution in [0.15, 0.2) is 24.3 Å². The largest absolute Gasteiger partial charge is 0.391 e. The van der Waals surface area contributed by atoms with Crippen LogP contribution in [-0.4, -0.2) is 46.6 Å². The Bertz CT molecular complexity index is 632. The number of amides is 2. The number of carbonyl (C=O) groups excluding carboxylic acids is 2. The van der Waals surface area contributed by atoms with E-state index in [9.17, 15) is 14.7 Å². The molecule has 1 heterocycles. The van der Waals surface area contributed by atoms with E-state index in [4.69, 9.17) is 17.3 Å². The van der Waals surface area contributed by atoms with Crippen LogP contribution in [0.25, 0.3) is 0 Å². The van der Waals surface area contributed by atoms with Gasteiger partial charge in [-0.2, -0.15) is 0 Å². The molecule has 0 radical (unpaired) electrons. The molecule has 26 heavy (non-hydrogen) atoms. The number of likely N-dealkylation sites (tertiary alicyclic amines) is 1. The van der Waals surface area contributed by atoms with E-state index in [1.807, 2.05) is 32.9 Å². The Labute approximate surface area is 165 Å². The number of halogens is 2. The second-order valence-electron chi connectivity index (χ2n) is 7.58. The van der Waals surface area contributed by atoms with Crippen LogP contribution in [0.4, 0.5) is 0 Å². The molecule has 1 aromatic rings. The fraction of sp³-hybridized carbons (Fsp3) is 0.556. The normalized spacial score (nSPS) is 21.1. The molecule has 0 unspecified atom stereocenters. The zero-order chi connectivity index (χ0) is 18.8. The molecule has 1 aromatic carbocycles. The van der Waals surface area contributed by atoms with Crippen molar-refractivity contribution in [3.8, 4) is 0 Å². The van der Waals surface area contributed by atoms with Crippen LogP contribution in [0.1, 0.15) is 32.8 Å². The summed E-state index contributed by atoms with van der Waals surface area (Å²) in [6.45, 7) is 6.07. The molecule has 0 saturated carbocycles. The molecule has 1 aliphatic heterocycles. The van der Waals surface area contributed by atoms with E-state index >= 15 is 0 Å². The lowest BCUT2D eigenvalue weighted by Crippen LogP contribution is -2.54. The number of rotatable bonds is 4. The molecule has 1 aliphatic rings. The Morgan fingerprint density at radius 3 is 2.46 bits per heavy atom. The molecule has 2 rings (SSSR count). The van der Waals surface area contributed by atoms with E-state index < -0.39 is 23.6 Å². The number of hydrogen-bond acceptors (Lipinski definition) is 4. The molecule has 2 amide bonds. The summed E-state index contributed by atoms with van der Waals surface area (Å²) in [6, 6.07) is 5.71. The lowest BCUT2D eigenvalue weighted by Gasteiger charge is -2.32. The van der Waals surface area contributed by atoms with E-state index in [0.29, 0.717) is 11.6 Å². The van der Waals surface area contributed by atoms with Gasteiger partial charge in [0.05, 0.1) is 12.1 Å². The van der Waals surface area contributed by atoms with Gasteiger partial charge in [-0.15, -0.1) is 12.4 Å². The molecule has 4 N–H and O–H groups in total. The van der Waals surface area contributed by atoms with Crippen LogP contribution in [0.2, 0.25) is 5.02 Å². The van der Waals surface area contributed by atoms with Gasteiger partial charge in [0.25, 0.3) is 0 Å². The predicted octanol–water partition coefficient (Wildman–Crippen LogP) is 1.71. The lowest BCUT2D eigenvalue weighted by molar-refractivity contribution is -0.141. The highest BCUT2D eigenvalue weighted by molar-refractivity contribution is 6.30. The third-order valence-electron chi connectivity index (χ3n) is 4.44. The Morgan fingerprint density at radius 1 is 1.35 bits per heavy atom. The second-order valence-corrected chi connectivity index (χ2v) is 8.02. The molecule has 146 valence electrons. The summed E-state index contributed by atoms with van der Waals surface area (Å²) in [5, 5.41) is 13.4. The fourth-order valence-electron chi connectivity index (χ4n) is 2.76. The maximum atomic E-state index is 12.7. The zero-order valence-corrected chi connectivity index (χ0v) is 16.8.